The zero-order valence-corrected chi connectivity index (χ0v) is 12.6. The molecule has 0 aromatic heterocycles. The highest BCUT2D eigenvalue weighted by atomic mass is 16.5. The smallest absolute Gasteiger partial charge is 0.312 e. The van der Waals surface area contributed by atoms with Crippen molar-refractivity contribution >= 4 is 11.8 Å². The molecule has 0 heterocycles. The lowest BCUT2D eigenvalue weighted by Crippen LogP contribution is -2.51. The van der Waals surface area contributed by atoms with Gasteiger partial charge in [0.1, 0.15) is 5.60 Å². The van der Waals surface area contributed by atoms with Crippen molar-refractivity contribution in [1.82, 2.24) is 0 Å². The summed E-state index contributed by atoms with van der Waals surface area (Å²) >= 11 is 0. The molecule has 114 valence electrons. The van der Waals surface area contributed by atoms with Crippen LogP contribution >= 0.6 is 0 Å². The fraction of sp³-hybridized carbons (Fsp3) is 0.529. The third-order valence-corrected chi connectivity index (χ3v) is 4.16. The standard InChI is InChI=1S/C17H22O4/c1-3-21-16(19)14-6-4-5-11-17(14,20)15(18)13-9-7-12(2)8-10-13/h7-10,14,20H,3-6,11H2,1-2H3. The first-order chi connectivity index (χ1) is 9.99. The zero-order valence-electron chi connectivity index (χ0n) is 12.6. The van der Waals surface area contributed by atoms with E-state index in [2.05, 4.69) is 0 Å². The summed E-state index contributed by atoms with van der Waals surface area (Å²) in [6, 6.07) is 7.07. The summed E-state index contributed by atoms with van der Waals surface area (Å²) in [5.41, 5.74) is -0.150. The fourth-order valence-corrected chi connectivity index (χ4v) is 2.94. The Kier molecular flexibility index (Phi) is 4.78. The maximum atomic E-state index is 12.7. The van der Waals surface area contributed by atoms with Gasteiger partial charge in [0.05, 0.1) is 12.5 Å². The van der Waals surface area contributed by atoms with Crippen LogP contribution in [0.1, 0.15) is 48.5 Å². The number of Topliss-reactive ketones (excluding diaryl/α,β-unsaturated/α-hetero) is 1. The monoisotopic (exact) mass is 290 g/mol. The fourth-order valence-electron chi connectivity index (χ4n) is 2.94. The molecule has 1 aromatic rings. The van der Waals surface area contributed by atoms with Crippen LogP contribution in [0.4, 0.5) is 0 Å². The van der Waals surface area contributed by atoms with Crippen molar-refractivity contribution < 1.29 is 19.4 Å². The molecule has 1 N–H and O–H groups in total. The maximum absolute atomic E-state index is 12.7. The van der Waals surface area contributed by atoms with Crippen molar-refractivity contribution in [2.45, 2.75) is 45.1 Å². The van der Waals surface area contributed by atoms with E-state index in [1.165, 1.54) is 0 Å². The summed E-state index contributed by atoms with van der Waals surface area (Å²) in [5, 5.41) is 10.9. The average Bonchev–Trinajstić information content (AvgIpc) is 2.48. The van der Waals surface area contributed by atoms with Gasteiger partial charge in [-0.1, -0.05) is 42.7 Å². The Hall–Kier alpha value is -1.68. The van der Waals surface area contributed by atoms with E-state index in [-0.39, 0.29) is 12.4 Å². The Morgan fingerprint density at radius 1 is 1.29 bits per heavy atom. The van der Waals surface area contributed by atoms with Crippen molar-refractivity contribution in [2.24, 2.45) is 5.92 Å². The maximum Gasteiger partial charge on any atom is 0.312 e. The minimum Gasteiger partial charge on any atom is -0.466 e. The third-order valence-electron chi connectivity index (χ3n) is 4.16. The van der Waals surface area contributed by atoms with Gasteiger partial charge in [0.15, 0.2) is 5.78 Å². The molecule has 0 radical (unpaired) electrons. The van der Waals surface area contributed by atoms with Gasteiger partial charge in [-0.2, -0.15) is 0 Å². The van der Waals surface area contributed by atoms with Gasteiger partial charge in [-0.05, 0) is 26.7 Å². The topological polar surface area (TPSA) is 63.6 Å². The van der Waals surface area contributed by atoms with Gasteiger partial charge in [-0.25, -0.2) is 0 Å². The van der Waals surface area contributed by atoms with Crippen LogP contribution in [0.15, 0.2) is 24.3 Å². The SMILES string of the molecule is CCOC(=O)C1CCCCC1(O)C(=O)c1ccc(C)cc1. The summed E-state index contributed by atoms with van der Waals surface area (Å²) in [7, 11) is 0. The molecule has 1 saturated carbocycles. The molecule has 4 heteroatoms. The predicted octanol–water partition coefficient (Wildman–Crippen LogP) is 2.66. The number of benzene rings is 1. The molecular formula is C17H22O4. The van der Waals surface area contributed by atoms with Crippen LogP contribution in [0, 0.1) is 12.8 Å². The van der Waals surface area contributed by atoms with Gasteiger partial charge in [-0.3, -0.25) is 9.59 Å². The lowest BCUT2D eigenvalue weighted by atomic mass is 9.71. The molecule has 1 aliphatic rings. The first-order valence-corrected chi connectivity index (χ1v) is 7.49. The highest BCUT2D eigenvalue weighted by Crippen LogP contribution is 2.37. The van der Waals surface area contributed by atoms with E-state index >= 15 is 0 Å². The average molecular weight is 290 g/mol. The molecule has 2 rings (SSSR count). The number of carbonyl (C=O) groups is 2. The van der Waals surface area contributed by atoms with Crippen LogP contribution in [-0.2, 0) is 9.53 Å². The summed E-state index contributed by atoms with van der Waals surface area (Å²) in [5.74, 6) is -1.61. The largest absolute Gasteiger partial charge is 0.466 e. The number of carbonyl (C=O) groups excluding carboxylic acids is 2. The van der Waals surface area contributed by atoms with Crippen molar-refractivity contribution in [3.8, 4) is 0 Å². The molecule has 0 saturated heterocycles. The van der Waals surface area contributed by atoms with Gasteiger partial charge in [-0.15, -0.1) is 0 Å². The quantitative estimate of drug-likeness (QED) is 0.684. The summed E-state index contributed by atoms with van der Waals surface area (Å²) in [6.45, 7) is 3.91. The lowest BCUT2D eigenvalue weighted by molar-refractivity contribution is -0.158. The molecule has 0 amide bonds. The molecule has 2 atom stereocenters. The zero-order chi connectivity index (χ0) is 15.5. The summed E-state index contributed by atoms with van der Waals surface area (Å²) in [6.07, 6.45) is 2.37. The minimum absolute atomic E-state index is 0.254. The molecule has 0 aliphatic heterocycles. The molecule has 0 bridgehead atoms. The predicted molar refractivity (Wildman–Crippen MR) is 79.1 cm³/mol. The van der Waals surface area contributed by atoms with Crippen LogP contribution in [0.5, 0.6) is 0 Å². The molecule has 21 heavy (non-hydrogen) atoms. The van der Waals surface area contributed by atoms with E-state index < -0.39 is 17.5 Å². The van der Waals surface area contributed by atoms with Crippen LogP contribution in [0.25, 0.3) is 0 Å². The first kappa shape index (κ1) is 15.7. The number of ether oxygens (including phenoxy) is 1. The molecule has 0 spiro atoms. The van der Waals surface area contributed by atoms with Gasteiger partial charge in [0.25, 0.3) is 0 Å². The number of aliphatic hydroxyl groups is 1. The minimum atomic E-state index is -1.64. The van der Waals surface area contributed by atoms with Crippen LogP contribution in [-0.4, -0.2) is 29.1 Å². The first-order valence-electron chi connectivity index (χ1n) is 7.49. The summed E-state index contributed by atoms with van der Waals surface area (Å²) in [4.78, 5) is 24.8. The second kappa shape index (κ2) is 6.39. The van der Waals surface area contributed by atoms with E-state index in [9.17, 15) is 14.7 Å². The second-order valence-electron chi connectivity index (χ2n) is 5.67. The number of hydrogen-bond acceptors (Lipinski definition) is 4. The molecule has 2 unspecified atom stereocenters. The van der Waals surface area contributed by atoms with Crippen molar-refractivity contribution in [3.05, 3.63) is 35.4 Å². The van der Waals surface area contributed by atoms with E-state index in [4.69, 9.17) is 4.74 Å². The Labute approximate surface area is 125 Å². The van der Waals surface area contributed by atoms with E-state index in [1.54, 1.807) is 19.1 Å². The molecule has 1 fully saturated rings. The Bertz CT molecular complexity index is 520. The number of esters is 1. The van der Waals surface area contributed by atoms with Gasteiger partial charge in [0, 0.05) is 5.56 Å². The van der Waals surface area contributed by atoms with Crippen LogP contribution < -0.4 is 0 Å². The molecule has 1 aliphatic carbocycles. The van der Waals surface area contributed by atoms with E-state index in [0.717, 1.165) is 18.4 Å². The summed E-state index contributed by atoms with van der Waals surface area (Å²) < 4.78 is 5.03. The van der Waals surface area contributed by atoms with Gasteiger partial charge < -0.3 is 9.84 Å². The molecular weight excluding hydrogens is 268 g/mol. The Morgan fingerprint density at radius 2 is 1.95 bits per heavy atom. The Morgan fingerprint density at radius 3 is 2.57 bits per heavy atom. The second-order valence-corrected chi connectivity index (χ2v) is 5.67. The van der Waals surface area contributed by atoms with E-state index in [1.807, 2.05) is 19.1 Å². The van der Waals surface area contributed by atoms with Gasteiger partial charge >= 0.3 is 5.97 Å². The normalized spacial score (nSPS) is 25.4. The number of aryl methyl sites for hydroxylation is 1. The number of ketones is 1. The van der Waals surface area contributed by atoms with Crippen LogP contribution in [0.2, 0.25) is 0 Å². The van der Waals surface area contributed by atoms with Crippen molar-refractivity contribution in [3.63, 3.8) is 0 Å². The molecule has 4 nitrogen and oxygen atoms in total. The number of rotatable bonds is 4. The Balaban J connectivity index is 2.29. The highest BCUT2D eigenvalue weighted by Gasteiger charge is 2.49. The van der Waals surface area contributed by atoms with Crippen molar-refractivity contribution in [1.29, 1.82) is 0 Å². The highest BCUT2D eigenvalue weighted by molar-refractivity contribution is 6.04. The third kappa shape index (κ3) is 3.16. The lowest BCUT2D eigenvalue weighted by Gasteiger charge is -2.37. The number of hydrogen-bond donors (Lipinski definition) is 1. The van der Waals surface area contributed by atoms with Gasteiger partial charge in [0.2, 0.25) is 0 Å². The van der Waals surface area contributed by atoms with E-state index in [0.29, 0.717) is 18.4 Å². The van der Waals surface area contributed by atoms with Crippen molar-refractivity contribution in [2.75, 3.05) is 6.61 Å². The van der Waals surface area contributed by atoms with Crippen LogP contribution in [0.3, 0.4) is 0 Å². The molecule has 1 aromatic carbocycles.